The van der Waals surface area contributed by atoms with E-state index in [0.29, 0.717) is 0 Å². The van der Waals surface area contributed by atoms with Crippen LogP contribution in [0.1, 0.15) is 17.3 Å². The zero-order chi connectivity index (χ0) is 9.84. The van der Waals surface area contributed by atoms with Crippen LogP contribution >= 0.6 is 0 Å². The van der Waals surface area contributed by atoms with Crippen molar-refractivity contribution >= 4 is 5.78 Å². The second-order valence-corrected chi connectivity index (χ2v) is 2.52. The molecule has 1 aromatic carbocycles. The lowest BCUT2D eigenvalue weighted by Crippen LogP contribution is -1.96. The van der Waals surface area contributed by atoms with Crippen LogP contribution in [0.5, 0.6) is 0 Å². The van der Waals surface area contributed by atoms with Gasteiger partial charge >= 0.3 is 0 Å². The maximum atomic E-state index is 12.6. The molecule has 0 amide bonds. The number of hydrogen-bond donors (Lipinski definition) is 0. The van der Waals surface area contributed by atoms with Gasteiger partial charge in [-0.2, -0.15) is 0 Å². The standard InChI is InChI=1S/C10H8F2O/c1-2-3-10(13)7-4-8(11)6-9(12)5-7/h2-6H,1H3/b3-2+. The fourth-order valence-electron chi connectivity index (χ4n) is 0.944. The first-order valence-corrected chi connectivity index (χ1v) is 3.76. The van der Waals surface area contributed by atoms with Gasteiger partial charge in [0.1, 0.15) is 11.6 Å². The van der Waals surface area contributed by atoms with Crippen LogP contribution in [-0.2, 0) is 0 Å². The maximum absolute atomic E-state index is 12.6. The van der Waals surface area contributed by atoms with Crippen molar-refractivity contribution in [3.8, 4) is 0 Å². The van der Waals surface area contributed by atoms with E-state index >= 15 is 0 Å². The highest BCUT2D eigenvalue weighted by Crippen LogP contribution is 2.08. The van der Waals surface area contributed by atoms with Crippen LogP contribution in [0.15, 0.2) is 30.4 Å². The number of ketones is 1. The van der Waals surface area contributed by atoms with Crippen molar-refractivity contribution in [3.63, 3.8) is 0 Å². The first-order chi connectivity index (χ1) is 6.13. The minimum Gasteiger partial charge on any atom is -0.289 e. The molecule has 1 aromatic rings. The third-order valence-electron chi connectivity index (χ3n) is 1.47. The minimum atomic E-state index is -0.743. The van der Waals surface area contributed by atoms with Gasteiger partial charge in [0.2, 0.25) is 0 Å². The summed E-state index contributed by atoms with van der Waals surface area (Å²) in [6, 6.07) is 2.74. The molecular weight excluding hydrogens is 174 g/mol. The molecule has 13 heavy (non-hydrogen) atoms. The van der Waals surface area contributed by atoms with E-state index in [2.05, 4.69) is 0 Å². The summed E-state index contributed by atoms with van der Waals surface area (Å²) in [7, 11) is 0. The average molecular weight is 182 g/mol. The molecule has 0 N–H and O–H groups in total. The molecule has 0 aromatic heterocycles. The van der Waals surface area contributed by atoms with E-state index < -0.39 is 17.4 Å². The maximum Gasteiger partial charge on any atom is 0.185 e. The normalized spacial score (nSPS) is 10.7. The number of benzene rings is 1. The molecule has 0 saturated heterocycles. The first-order valence-electron chi connectivity index (χ1n) is 3.76. The van der Waals surface area contributed by atoms with E-state index in [4.69, 9.17) is 0 Å². The fraction of sp³-hybridized carbons (Fsp3) is 0.100. The molecule has 1 rings (SSSR count). The van der Waals surface area contributed by atoms with Crippen LogP contribution in [0.2, 0.25) is 0 Å². The molecule has 0 radical (unpaired) electrons. The molecular formula is C10H8F2O. The second kappa shape index (κ2) is 3.94. The van der Waals surface area contributed by atoms with Crippen LogP contribution in [0.4, 0.5) is 8.78 Å². The van der Waals surface area contributed by atoms with Crippen LogP contribution in [-0.4, -0.2) is 5.78 Å². The lowest BCUT2D eigenvalue weighted by atomic mass is 10.1. The van der Waals surface area contributed by atoms with E-state index in [9.17, 15) is 13.6 Å². The van der Waals surface area contributed by atoms with Gasteiger partial charge in [0.25, 0.3) is 0 Å². The summed E-state index contributed by atoms with van der Waals surface area (Å²) in [6.45, 7) is 1.66. The number of rotatable bonds is 2. The molecule has 0 spiro atoms. The molecule has 3 heteroatoms. The molecule has 0 aliphatic heterocycles. The Kier molecular flexibility index (Phi) is 2.90. The van der Waals surface area contributed by atoms with Crippen molar-refractivity contribution in [2.24, 2.45) is 0 Å². The van der Waals surface area contributed by atoms with E-state index in [1.807, 2.05) is 0 Å². The van der Waals surface area contributed by atoms with E-state index in [1.165, 1.54) is 12.2 Å². The third-order valence-corrected chi connectivity index (χ3v) is 1.47. The summed E-state index contributed by atoms with van der Waals surface area (Å²) in [5.41, 5.74) is 0.0237. The number of carbonyl (C=O) groups is 1. The van der Waals surface area contributed by atoms with Crippen molar-refractivity contribution in [2.45, 2.75) is 6.92 Å². The summed E-state index contributed by atoms with van der Waals surface area (Å²) >= 11 is 0. The number of halogens is 2. The van der Waals surface area contributed by atoms with Gasteiger partial charge in [0, 0.05) is 11.6 Å². The van der Waals surface area contributed by atoms with Crippen LogP contribution in [0, 0.1) is 11.6 Å². The fourth-order valence-corrected chi connectivity index (χ4v) is 0.944. The SMILES string of the molecule is C/C=C/C(=O)c1cc(F)cc(F)c1. The number of allylic oxidation sites excluding steroid dienone is 2. The Hall–Kier alpha value is -1.51. The zero-order valence-corrected chi connectivity index (χ0v) is 7.05. The van der Waals surface area contributed by atoms with Crippen molar-refractivity contribution in [3.05, 3.63) is 47.5 Å². The molecule has 0 heterocycles. The molecule has 0 aliphatic rings. The Morgan fingerprint density at radius 1 is 1.23 bits per heavy atom. The van der Waals surface area contributed by atoms with Crippen LogP contribution < -0.4 is 0 Å². The van der Waals surface area contributed by atoms with Crippen LogP contribution in [0.3, 0.4) is 0 Å². The quantitative estimate of drug-likeness (QED) is 0.507. The van der Waals surface area contributed by atoms with Gasteiger partial charge < -0.3 is 0 Å². The van der Waals surface area contributed by atoms with Crippen molar-refractivity contribution in [1.29, 1.82) is 0 Å². The lowest BCUT2D eigenvalue weighted by Gasteiger charge is -1.96. The van der Waals surface area contributed by atoms with Crippen molar-refractivity contribution in [2.75, 3.05) is 0 Å². The highest BCUT2D eigenvalue weighted by Gasteiger charge is 2.05. The van der Waals surface area contributed by atoms with E-state index in [1.54, 1.807) is 6.92 Å². The van der Waals surface area contributed by atoms with Gasteiger partial charge in [0.05, 0.1) is 0 Å². The summed E-state index contributed by atoms with van der Waals surface area (Å²) in [6.07, 6.45) is 2.78. The Labute approximate surface area is 74.7 Å². The minimum absolute atomic E-state index is 0.0237. The Balaban J connectivity index is 3.08. The molecule has 0 saturated carbocycles. The molecule has 0 unspecified atom stereocenters. The highest BCUT2D eigenvalue weighted by atomic mass is 19.1. The largest absolute Gasteiger partial charge is 0.289 e. The van der Waals surface area contributed by atoms with E-state index in [-0.39, 0.29) is 5.56 Å². The van der Waals surface area contributed by atoms with Crippen molar-refractivity contribution in [1.82, 2.24) is 0 Å². The van der Waals surface area contributed by atoms with Gasteiger partial charge in [-0.1, -0.05) is 6.08 Å². The van der Waals surface area contributed by atoms with Crippen LogP contribution in [0.25, 0.3) is 0 Å². The summed E-state index contributed by atoms with van der Waals surface area (Å²) in [5.74, 6) is -1.89. The summed E-state index contributed by atoms with van der Waals surface area (Å²) in [5, 5.41) is 0. The molecule has 68 valence electrons. The first kappa shape index (κ1) is 9.58. The zero-order valence-electron chi connectivity index (χ0n) is 7.05. The molecule has 0 fully saturated rings. The molecule has 1 nitrogen and oxygen atoms in total. The lowest BCUT2D eigenvalue weighted by molar-refractivity contribution is 0.104. The monoisotopic (exact) mass is 182 g/mol. The predicted molar refractivity (Wildman–Crippen MR) is 45.5 cm³/mol. The molecule has 0 aliphatic carbocycles. The van der Waals surface area contributed by atoms with Gasteiger partial charge in [-0.3, -0.25) is 4.79 Å². The Morgan fingerprint density at radius 2 is 1.77 bits per heavy atom. The second-order valence-electron chi connectivity index (χ2n) is 2.52. The summed E-state index contributed by atoms with van der Waals surface area (Å²) < 4.78 is 25.2. The topological polar surface area (TPSA) is 17.1 Å². The van der Waals surface area contributed by atoms with Gasteiger partial charge in [-0.05, 0) is 25.1 Å². The smallest absolute Gasteiger partial charge is 0.185 e. The Bertz CT molecular complexity index is 336. The van der Waals surface area contributed by atoms with Gasteiger partial charge in [0.15, 0.2) is 5.78 Å². The summed E-state index contributed by atoms with van der Waals surface area (Å²) in [4.78, 5) is 11.1. The molecule has 0 bridgehead atoms. The van der Waals surface area contributed by atoms with Crippen molar-refractivity contribution < 1.29 is 13.6 Å². The van der Waals surface area contributed by atoms with Gasteiger partial charge in [-0.25, -0.2) is 8.78 Å². The third kappa shape index (κ3) is 2.47. The van der Waals surface area contributed by atoms with E-state index in [0.717, 1.165) is 18.2 Å². The Morgan fingerprint density at radius 3 is 2.23 bits per heavy atom. The number of hydrogen-bond acceptors (Lipinski definition) is 1. The predicted octanol–water partition coefficient (Wildman–Crippen LogP) is 2.72. The highest BCUT2D eigenvalue weighted by molar-refractivity contribution is 6.04. The number of carbonyl (C=O) groups excluding carboxylic acids is 1. The molecule has 0 atom stereocenters. The average Bonchev–Trinajstić information content (AvgIpc) is 2.03. The van der Waals surface area contributed by atoms with Gasteiger partial charge in [-0.15, -0.1) is 0 Å².